The smallest absolute Gasteiger partial charge is 0.248 e. The molecule has 5 heteroatoms. The molecule has 0 fully saturated rings. The van der Waals surface area contributed by atoms with Gasteiger partial charge in [-0.2, -0.15) is 10.5 Å². The zero-order valence-electron chi connectivity index (χ0n) is 9.27. The molecule has 86 valence electrons. The summed E-state index contributed by atoms with van der Waals surface area (Å²) in [5, 5.41) is 20.9. The molecule has 0 radical (unpaired) electrons. The minimum Gasteiger partial charge on any atom is -0.358 e. The number of benzene rings is 1. The molecule has 2 N–H and O–H groups in total. The Morgan fingerprint density at radius 1 is 1.22 bits per heavy atom. The van der Waals surface area contributed by atoms with Gasteiger partial charge in [0.15, 0.2) is 0 Å². The largest absolute Gasteiger partial charge is 0.358 e. The Balaban J connectivity index is 2.50. The first-order chi connectivity index (χ1) is 8.74. The van der Waals surface area contributed by atoms with Crippen LogP contribution >= 0.6 is 0 Å². The lowest BCUT2D eigenvalue weighted by Gasteiger charge is -2.05. The summed E-state index contributed by atoms with van der Waals surface area (Å²) in [4.78, 5) is 14.0. The normalized spacial score (nSPS) is 9.22. The van der Waals surface area contributed by atoms with Gasteiger partial charge in [-0.1, -0.05) is 12.1 Å². The number of nitriles is 2. The highest BCUT2D eigenvalue weighted by atomic mass is 16.1. The van der Waals surface area contributed by atoms with E-state index in [1.165, 1.54) is 12.3 Å². The molecular formula is C13H8N4O. The van der Waals surface area contributed by atoms with Crippen molar-refractivity contribution in [1.29, 1.82) is 10.5 Å². The van der Waals surface area contributed by atoms with E-state index in [1.807, 2.05) is 12.1 Å². The number of allylic oxidation sites excluding steroid dienone is 1. The molecule has 5 nitrogen and oxygen atoms in total. The fraction of sp³-hybridized carbons (Fsp3) is 0. The summed E-state index contributed by atoms with van der Waals surface area (Å²) in [6.07, 6.45) is 1.31. The molecule has 0 bridgehead atoms. The third-order valence-electron chi connectivity index (χ3n) is 2.37. The number of nitrogens with one attached hydrogen (secondary N) is 2. The SMILES string of the molecule is N#CC(C#N)=CNc1cccc2ccc(=O)[nH]c12. The molecular weight excluding hydrogens is 228 g/mol. The van der Waals surface area contributed by atoms with Crippen molar-refractivity contribution < 1.29 is 0 Å². The summed E-state index contributed by atoms with van der Waals surface area (Å²) in [5.74, 6) is 0. The minimum atomic E-state index is -0.207. The van der Waals surface area contributed by atoms with Crippen molar-refractivity contribution in [1.82, 2.24) is 4.98 Å². The molecule has 0 saturated carbocycles. The van der Waals surface area contributed by atoms with Crippen molar-refractivity contribution in [2.24, 2.45) is 0 Å². The van der Waals surface area contributed by atoms with Crippen molar-refractivity contribution in [3.8, 4) is 12.1 Å². The summed E-state index contributed by atoms with van der Waals surface area (Å²) < 4.78 is 0. The van der Waals surface area contributed by atoms with Gasteiger partial charge in [-0.25, -0.2) is 0 Å². The van der Waals surface area contributed by atoms with Gasteiger partial charge in [-0.3, -0.25) is 4.79 Å². The van der Waals surface area contributed by atoms with Gasteiger partial charge in [0.2, 0.25) is 5.56 Å². The van der Waals surface area contributed by atoms with Crippen LogP contribution in [0.3, 0.4) is 0 Å². The number of para-hydroxylation sites is 1. The van der Waals surface area contributed by atoms with Crippen LogP contribution in [0.2, 0.25) is 0 Å². The molecule has 0 aliphatic heterocycles. The number of pyridine rings is 1. The van der Waals surface area contributed by atoms with Crippen LogP contribution in [0.1, 0.15) is 0 Å². The molecule has 18 heavy (non-hydrogen) atoms. The van der Waals surface area contributed by atoms with E-state index in [1.54, 1.807) is 24.3 Å². The second kappa shape index (κ2) is 4.86. The summed E-state index contributed by atoms with van der Waals surface area (Å²) in [6.45, 7) is 0. The Bertz CT molecular complexity index is 743. The number of fused-ring (bicyclic) bond motifs is 1. The number of H-pyrrole nitrogens is 1. The van der Waals surface area contributed by atoms with Crippen molar-refractivity contribution >= 4 is 16.6 Å². The summed E-state index contributed by atoms with van der Waals surface area (Å²) in [7, 11) is 0. The first-order valence-corrected chi connectivity index (χ1v) is 5.13. The second-order valence-corrected chi connectivity index (χ2v) is 3.52. The zero-order valence-corrected chi connectivity index (χ0v) is 9.27. The highest BCUT2D eigenvalue weighted by molar-refractivity contribution is 5.90. The van der Waals surface area contributed by atoms with Crippen LogP contribution in [0.15, 0.2) is 46.9 Å². The highest BCUT2D eigenvalue weighted by Crippen LogP contribution is 2.19. The van der Waals surface area contributed by atoms with Crippen LogP contribution in [0, 0.1) is 22.7 Å². The molecule has 1 aromatic carbocycles. The predicted molar refractivity (Wildman–Crippen MR) is 67.5 cm³/mol. The fourth-order valence-corrected chi connectivity index (χ4v) is 1.54. The molecule has 2 aromatic rings. The van der Waals surface area contributed by atoms with Crippen LogP contribution in [-0.4, -0.2) is 4.98 Å². The zero-order chi connectivity index (χ0) is 13.0. The predicted octanol–water partition coefficient (Wildman–Crippen LogP) is 1.87. The molecule has 0 aliphatic carbocycles. The molecule has 0 atom stereocenters. The molecule has 0 aliphatic rings. The molecule has 1 aromatic heterocycles. The van der Waals surface area contributed by atoms with Crippen LogP contribution in [0.25, 0.3) is 10.9 Å². The van der Waals surface area contributed by atoms with Crippen molar-refractivity contribution in [2.75, 3.05) is 5.32 Å². The minimum absolute atomic E-state index is 0.0368. The second-order valence-electron chi connectivity index (χ2n) is 3.52. The maximum atomic E-state index is 11.3. The lowest BCUT2D eigenvalue weighted by atomic mass is 10.2. The first-order valence-electron chi connectivity index (χ1n) is 5.13. The average molecular weight is 236 g/mol. The molecule has 0 saturated heterocycles. The standard InChI is InChI=1S/C13H8N4O/c14-6-9(7-15)8-16-11-3-1-2-10-4-5-12(18)17-13(10)11/h1-5,8,16H,(H,17,18). The van der Waals surface area contributed by atoms with E-state index in [0.717, 1.165) is 5.39 Å². The molecule has 0 spiro atoms. The van der Waals surface area contributed by atoms with Gasteiger partial charge in [-0.15, -0.1) is 0 Å². The number of aromatic nitrogens is 1. The van der Waals surface area contributed by atoms with Crippen LogP contribution < -0.4 is 10.9 Å². The number of aromatic amines is 1. The fourth-order valence-electron chi connectivity index (χ4n) is 1.54. The van der Waals surface area contributed by atoms with E-state index in [9.17, 15) is 4.79 Å². The lowest BCUT2D eigenvalue weighted by Crippen LogP contribution is -2.04. The van der Waals surface area contributed by atoms with E-state index in [4.69, 9.17) is 10.5 Å². The Labute approximate surface area is 103 Å². The van der Waals surface area contributed by atoms with Gasteiger partial charge in [-0.05, 0) is 12.1 Å². The van der Waals surface area contributed by atoms with Crippen LogP contribution in [0.4, 0.5) is 5.69 Å². The summed E-state index contributed by atoms with van der Waals surface area (Å²) >= 11 is 0. The molecule has 0 unspecified atom stereocenters. The average Bonchev–Trinajstić information content (AvgIpc) is 2.40. The topological polar surface area (TPSA) is 92.5 Å². The number of rotatable bonds is 2. The van der Waals surface area contributed by atoms with Crippen LogP contribution in [-0.2, 0) is 0 Å². The Kier molecular flexibility index (Phi) is 3.08. The van der Waals surface area contributed by atoms with Gasteiger partial charge in [0.25, 0.3) is 0 Å². The van der Waals surface area contributed by atoms with Crippen molar-refractivity contribution in [3.63, 3.8) is 0 Å². The number of anilines is 1. The van der Waals surface area contributed by atoms with E-state index in [2.05, 4.69) is 10.3 Å². The molecule has 1 heterocycles. The highest BCUT2D eigenvalue weighted by Gasteiger charge is 2.00. The lowest BCUT2D eigenvalue weighted by molar-refractivity contribution is 1.30. The van der Waals surface area contributed by atoms with Crippen LogP contribution in [0.5, 0.6) is 0 Å². The molecule has 2 rings (SSSR count). The Hall–Kier alpha value is -3.05. The van der Waals surface area contributed by atoms with Gasteiger partial charge in [0.05, 0.1) is 11.2 Å². The van der Waals surface area contributed by atoms with Crippen molar-refractivity contribution in [2.45, 2.75) is 0 Å². The van der Waals surface area contributed by atoms with Crippen molar-refractivity contribution in [3.05, 3.63) is 52.5 Å². The Morgan fingerprint density at radius 3 is 2.72 bits per heavy atom. The molecule has 0 amide bonds. The van der Waals surface area contributed by atoms with E-state index in [0.29, 0.717) is 11.2 Å². The quantitative estimate of drug-likeness (QED) is 0.778. The number of hydrogen-bond acceptors (Lipinski definition) is 4. The van der Waals surface area contributed by atoms with Gasteiger partial charge < -0.3 is 10.3 Å². The first kappa shape index (κ1) is 11.4. The summed E-state index contributed by atoms with van der Waals surface area (Å²) in [6, 6.07) is 12.1. The Morgan fingerprint density at radius 2 is 2.00 bits per heavy atom. The maximum absolute atomic E-state index is 11.3. The maximum Gasteiger partial charge on any atom is 0.248 e. The third-order valence-corrected chi connectivity index (χ3v) is 2.37. The third kappa shape index (κ3) is 2.21. The number of nitrogens with zero attached hydrogens (tertiary/aromatic N) is 2. The van der Waals surface area contributed by atoms with Gasteiger partial charge >= 0.3 is 0 Å². The van der Waals surface area contributed by atoms with E-state index < -0.39 is 0 Å². The van der Waals surface area contributed by atoms with E-state index >= 15 is 0 Å². The summed E-state index contributed by atoms with van der Waals surface area (Å²) in [5.41, 5.74) is 1.02. The van der Waals surface area contributed by atoms with Gasteiger partial charge in [0.1, 0.15) is 17.7 Å². The van der Waals surface area contributed by atoms with Gasteiger partial charge in [0, 0.05) is 17.7 Å². The van der Waals surface area contributed by atoms with E-state index in [-0.39, 0.29) is 11.1 Å². The number of hydrogen-bond donors (Lipinski definition) is 2. The monoisotopic (exact) mass is 236 g/mol.